The number of hydrogen-bond acceptors (Lipinski definition) is 3. The molecule has 0 spiro atoms. The van der Waals surface area contributed by atoms with Crippen LogP contribution in [0, 0.1) is 18.7 Å². The molecule has 1 N–H and O–H groups in total. The van der Waals surface area contributed by atoms with Gasteiger partial charge >= 0.3 is 0 Å². The van der Waals surface area contributed by atoms with Gasteiger partial charge < -0.3 is 9.88 Å². The third kappa shape index (κ3) is 5.58. The van der Waals surface area contributed by atoms with E-state index in [-0.39, 0.29) is 11.6 Å². The summed E-state index contributed by atoms with van der Waals surface area (Å²) in [5, 5.41) is 2.69. The lowest BCUT2D eigenvalue weighted by molar-refractivity contribution is -0.116. The average molecular weight is 421 g/mol. The Morgan fingerprint density at radius 1 is 1.23 bits per heavy atom. The number of imidazole rings is 1. The van der Waals surface area contributed by atoms with E-state index in [9.17, 15) is 9.18 Å². The molecule has 0 unspecified atom stereocenters. The summed E-state index contributed by atoms with van der Waals surface area (Å²) in [6, 6.07) is 14.7. The van der Waals surface area contributed by atoms with Gasteiger partial charge in [-0.15, -0.1) is 0 Å². The van der Waals surface area contributed by atoms with Gasteiger partial charge in [0.05, 0.1) is 12.2 Å². The van der Waals surface area contributed by atoms with E-state index in [1.165, 1.54) is 11.6 Å². The first kappa shape index (κ1) is 21.2. The van der Waals surface area contributed by atoms with Crippen LogP contribution in [0.1, 0.15) is 37.1 Å². The van der Waals surface area contributed by atoms with Crippen LogP contribution in [0.15, 0.2) is 60.9 Å². The number of carbonyl (C=O) groups excluding carboxylic acids is 1. The molecule has 0 radical (unpaired) electrons. The normalized spacial score (nSPS) is 16.9. The van der Waals surface area contributed by atoms with Gasteiger partial charge in [0.2, 0.25) is 5.91 Å². The number of piperidine rings is 1. The van der Waals surface area contributed by atoms with Crippen LogP contribution in [-0.4, -0.2) is 33.4 Å². The van der Waals surface area contributed by atoms with Crippen molar-refractivity contribution in [1.82, 2.24) is 14.5 Å². The van der Waals surface area contributed by atoms with Gasteiger partial charge in [-0.25, -0.2) is 9.37 Å². The first-order chi connectivity index (χ1) is 15.1. The molecular weight excluding hydrogens is 391 g/mol. The van der Waals surface area contributed by atoms with Crippen molar-refractivity contribution in [2.45, 2.75) is 39.2 Å². The lowest BCUT2D eigenvalue weighted by Crippen LogP contribution is -2.36. The monoisotopic (exact) mass is 420 g/mol. The summed E-state index contributed by atoms with van der Waals surface area (Å²) in [5.74, 6) is 0.965. The number of benzene rings is 2. The van der Waals surface area contributed by atoms with Gasteiger partial charge in [-0.2, -0.15) is 0 Å². The molecule has 31 heavy (non-hydrogen) atoms. The Bertz CT molecular complexity index is 1030. The van der Waals surface area contributed by atoms with E-state index >= 15 is 0 Å². The standard InChI is InChI=1S/C25H29FN4O/c1-19-6-4-8-21(16-19)30-15-13-27-24(30)18-29-14-5-7-20(17-29)11-12-25(31)28-23-10-3-2-9-22(23)26/h2-4,6,8-10,13,15-16,20H,5,7,11-12,14,17-18H2,1H3,(H,28,31)/t20-/m1/s1. The van der Waals surface area contributed by atoms with Gasteiger partial charge in [-0.3, -0.25) is 9.69 Å². The molecule has 2 aromatic carbocycles. The Labute approximate surface area is 182 Å². The molecule has 0 bridgehead atoms. The summed E-state index contributed by atoms with van der Waals surface area (Å²) in [7, 11) is 0. The topological polar surface area (TPSA) is 50.2 Å². The van der Waals surface area contributed by atoms with Gasteiger partial charge in [0, 0.05) is 31.0 Å². The van der Waals surface area contributed by atoms with E-state index in [0.29, 0.717) is 12.3 Å². The van der Waals surface area contributed by atoms with Crippen LogP contribution in [0.4, 0.5) is 10.1 Å². The number of nitrogens with one attached hydrogen (secondary N) is 1. The van der Waals surface area contributed by atoms with Crippen LogP contribution in [0.25, 0.3) is 5.69 Å². The van der Waals surface area contributed by atoms with Gasteiger partial charge in [0.15, 0.2) is 0 Å². The van der Waals surface area contributed by atoms with E-state index in [2.05, 4.69) is 51.0 Å². The first-order valence-corrected chi connectivity index (χ1v) is 10.9. The highest BCUT2D eigenvalue weighted by atomic mass is 19.1. The van der Waals surface area contributed by atoms with E-state index in [0.717, 1.165) is 50.4 Å². The van der Waals surface area contributed by atoms with Crippen LogP contribution < -0.4 is 5.32 Å². The minimum Gasteiger partial charge on any atom is -0.324 e. The zero-order valence-corrected chi connectivity index (χ0v) is 17.9. The number of aromatic nitrogens is 2. The highest BCUT2D eigenvalue weighted by Crippen LogP contribution is 2.23. The molecule has 0 aliphatic carbocycles. The molecule has 2 heterocycles. The molecule has 1 atom stereocenters. The zero-order chi connectivity index (χ0) is 21.6. The summed E-state index contributed by atoms with van der Waals surface area (Å²) in [4.78, 5) is 19.3. The van der Waals surface area contributed by atoms with Gasteiger partial charge in [-0.05, 0) is 68.5 Å². The number of amides is 1. The summed E-state index contributed by atoms with van der Waals surface area (Å²) < 4.78 is 15.9. The van der Waals surface area contributed by atoms with Gasteiger partial charge in [0.1, 0.15) is 11.6 Å². The van der Waals surface area contributed by atoms with Crippen molar-refractivity contribution < 1.29 is 9.18 Å². The number of hydrogen-bond donors (Lipinski definition) is 1. The second kappa shape index (κ2) is 9.88. The lowest BCUT2D eigenvalue weighted by Gasteiger charge is -2.32. The Morgan fingerprint density at radius 3 is 2.94 bits per heavy atom. The fourth-order valence-corrected chi connectivity index (χ4v) is 4.31. The quantitative estimate of drug-likeness (QED) is 0.588. The highest BCUT2D eigenvalue weighted by molar-refractivity contribution is 5.90. The van der Waals surface area contributed by atoms with E-state index in [1.807, 2.05) is 12.4 Å². The summed E-state index contributed by atoms with van der Waals surface area (Å²) >= 11 is 0. The fourth-order valence-electron chi connectivity index (χ4n) is 4.31. The van der Waals surface area contributed by atoms with Gasteiger partial charge in [-0.1, -0.05) is 24.3 Å². The summed E-state index contributed by atoms with van der Waals surface area (Å²) in [6.07, 6.45) is 7.32. The molecular formula is C25H29FN4O. The number of para-hydroxylation sites is 1. The molecule has 0 saturated carbocycles. The maximum absolute atomic E-state index is 13.7. The van der Waals surface area contributed by atoms with Crippen molar-refractivity contribution in [3.8, 4) is 5.69 Å². The Hall–Kier alpha value is -2.99. The van der Waals surface area contributed by atoms with Gasteiger partial charge in [0.25, 0.3) is 0 Å². The van der Waals surface area contributed by atoms with Crippen molar-refractivity contribution >= 4 is 11.6 Å². The van der Waals surface area contributed by atoms with Crippen LogP contribution in [0.2, 0.25) is 0 Å². The van der Waals surface area contributed by atoms with Crippen LogP contribution in [0.5, 0.6) is 0 Å². The Kier molecular flexibility index (Phi) is 6.77. The molecule has 1 aromatic heterocycles. The van der Waals surface area contributed by atoms with E-state index in [4.69, 9.17) is 0 Å². The number of rotatable bonds is 7. The Morgan fingerprint density at radius 2 is 2.10 bits per heavy atom. The Balaban J connectivity index is 1.31. The van der Waals surface area contributed by atoms with E-state index in [1.54, 1.807) is 18.2 Å². The predicted molar refractivity (Wildman–Crippen MR) is 121 cm³/mol. The molecule has 1 amide bonds. The molecule has 1 aliphatic heterocycles. The maximum Gasteiger partial charge on any atom is 0.224 e. The lowest BCUT2D eigenvalue weighted by atomic mass is 9.93. The van der Waals surface area contributed by atoms with Crippen LogP contribution >= 0.6 is 0 Å². The third-order valence-corrected chi connectivity index (χ3v) is 5.89. The predicted octanol–water partition coefficient (Wildman–Crippen LogP) is 4.95. The maximum atomic E-state index is 13.7. The average Bonchev–Trinajstić information content (AvgIpc) is 3.22. The summed E-state index contributed by atoms with van der Waals surface area (Å²) in [6.45, 7) is 4.88. The number of likely N-dealkylation sites (tertiary alicyclic amines) is 1. The highest BCUT2D eigenvalue weighted by Gasteiger charge is 2.22. The molecule has 1 aliphatic rings. The second-order valence-corrected chi connectivity index (χ2v) is 8.36. The third-order valence-electron chi connectivity index (χ3n) is 5.89. The number of aryl methyl sites for hydroxylation is 1. The second-order valence-electron chi connectivity index (χ2n) is 8.36. The minimum atomic E-state index is -0.399. The van der Waals surface area contributed by atoms with Crippen molar-refractivity contribution in [3.05, 3.63) is 78.1 Å². The zero-order valence-electron chi connectivity index (χ0n) is 17.9. The number of halogens is 1. The molecule has 4 rings (SSSR count). The molecule has 1 fully saturated rings. The SMILES string of the molecule is Cc1cccc(-n2ccnc2CN2CCC[C@H](CCC(=O)Nc3ccccc3F)C2)c1. The smallest absolute Gasteiger partial charge is 0.224 e. The number of carbonyl (C=O) groups is 1. The fraction of sp³-hybridized carbons (Fsp3) is 0.360. The number of anilines is 1. The minimum absolute atomic E-state index is 0.128. The molecule has 1 saturated heterocycles. The molecule has 162 valence electrons. The molecule has 5 nitrogen and oxygen atoms in total. The number of nitrogens with zero attached hydrogens (tertiary/aromatic N) is 3. The molecule has 6 heteroatoms. The largest absolute Gasteiger partial charge is 0.324 e. The molecule has 3 aromatic rings. The van der Waals surface area contributed by atoms with Crippen molar-refractivity contribution in [1.29, 1.82) is 0 Å². The van der Waals surface area contributed by atoms with Crippen molar-refractivity contribution in [2.24, 2.45) is 5.92 Å². The van der Waals surface area contributed by atoms with E-state index < -0.39 is 5.82 Å². The van der Waals surface area contributed by atoms with Crippen LogP contribution in [0.3, 0.4) is 0 Å². The van der Waals surface area contributed by atoms with Crippen molar-refractivity contribution in [2.75, 3.05) is 18.4 Å². The summed E-state index contributed by atoms with van der Waals surface area (Å²) in [5.41, 5.74) is 2.61. The first-order valence-electron chi connectivity index (χ1n) is 10.9. The van der Waals surface area contributed by atoms with Crippen LogP contribution in [-0.2, 0) is 11.3 Å². The van der Waals surface area contributed by atoms with Crippen molar-refractivity contribution in [3.63, 3.8) is 0 Å².